The minimum atomic E-state index is -0.384. The van der Waals surface area contributed by atoms with E-state index in [0.717, 1.165) is 23.5 Å². The van der Waals surface area contributed by atoms with Crippen LogP contribution in [-0.2, 0) is 0 Å². The van der Waals surface area contributed by atoms with Gasteiger partial charge < -0.3 is 4.90 Å². The summed E-state index contributed by atoms with van der Waals surface area (Å²) in [6.45, 7) is 4.08. The predicted octanol–water partition coefficient (Wildman–Crippen LogP) is 3.61. The van der Waals surface area contributed by atoms with E-state index in [1.807, 2.05) is 13.8 Å². The molecule has 0 bridgehead atoms. The van der Waals surface area contributed by atoms with Crippen molar-refractivity contribution < 1.29 is 4.92 Å². The van der Waals surface area contributed by atoms with Crippen LogP contribution in [0.15, 0.2) is 47.8 Å². The van der Waals surface area contributed by atoms with Crippen molar-refractivity contribution in [2.45, 2.75) is 20.3 Å². The van der Waals surface area contributed by atoms with E-state index in [1.54, 1.807) is 12.1 Å². The summed E-state index contributed by atoms with van der Waals surface area (Å²) in [5.74, 6) is 0. The Bertz CT molecular complexity index is 483. The molecule has 17 heavy (non-hydrogen) atoms. The first-order chi connectivity index (χ1) is 8.09. The highest BCUT2D eigenvalue weighted by molar-refractivity contribution is 5.60. The number of hydrogen-bond acceptors (Lipinski definition) is 3. The third kappa shape index (κ3) is 2.20. The number of rotatable bonds is 2. The molecule has 1 heterocycles. The van der Waals surface area contributed by atoms with Crippen LogP contribution in [0.2, 0.25) is 0 Å². The molecule has 0 saturated heterocycles. The molecule has 0 aromatic heterocycles. The van der Waals surface area contributed by atoms with Gasteiger partial charge in [0.25, 0.3) is 5.69 Å². The molecule has 0 atom stereocenters. The van der Waals surface area contributed by atoms with Gasteiger partial charge in [0.05, 0.1) is 4.92 Å². The molecular weight excluding hydrogens is 216 g/mol. The smallest absolute Gasteiger partial charge is 0.269 e. The van der Waals surface area contributed by atoms with Gasteiger partial charge in [0.2, 0.25) is 0 Å². The molecule has 0 saturated carbocycles. The summed E-state index contributed by atoms with van der Waals surface area (Å²) in [5, 5.41) is 10.6. The molecule has 0 N–H and O–H groups in total. The Morgan fingerprint density at radius 3 is 2.12 bits per heavy atom. The number of nitro groups is 1. The van der Waals surface area contributed by atoms with Crippen molar-refractivity contribution in [1.29, 1.82) is 0 Å². The molecule has 1 aromatic rings. The molecule has 0 spiro atoms. The second kappa shape index (κ2) is 4.41. The molecule has 0 amide bonds. The highest BCUT2D eigenvalue weighted by Crippen LogP contribution is 2.28. The number of nitro benzene ring substituents is 1. The van der Waals surface area contributed by atoms with E-state index in [9.17, 15) is 10.1 Å². The molecule has 1 aliphatic heterocycles. The Hall–Kier alpha value is -2.10. The first-order valence-corrected chi connectivity index (χ1v) is 5.47. The van der Waals surface area contributed by atoms with Crippen LogP contribution in [0, 0.1) is 10.1 Å². The molecule has 0 unspecified atom stereocenters. The normalized spacial score (nSPS) is 15.3. The van der Waals surface area contributed by atoms with Crippen LogP contribution in [-0.4, -0.2) is 4.92 Å². The van der Waals surface area contributed by atoms with Crippen LogP contribution >= 0.6 is 0 Å². The molecule has 4 nitrogen and oxygen atoms in total. The number of hydrogen-bond donors (Lipinski definition) is 0. The van der Waals surface area contributed by atoms with Crippen molar-refractivity contribution in [3.8, 4) is 0 Å². The molecule has 1 aromatic carbocycles. The summed E-state index contributed by atoms with van der Waals surface area (Å²) in [5.41, 5.74) is 3.38. The van der Waals surface area contributed by atoms with Crippen molar-refractivity contribution in [1.82, 2.24) is 0 Å². The number of anilines is 1. The SMILES string of the molecule is CC1=CCC=C(C)N1c1ccc([N+](=O)[O-])cc1. The maximum absolute atomic E-state index is 10.6. The standard InChI is InChI=1S/C13H14N2O2/c1-10-4-3-5-11(2)14(10)12-6-8-13(9-7-12)15(16)17/h4-9H,3H2,1-2H3. The molecule has 0 radical (unpaired) electrons. The second-order valence-electron chi connectivity index (χ2n) is 4.04. The molecule has 4 heteroatoms. The monoisotopic (exact) mass is 230 g/mol. The number of benzene rings is 1. The van der Waals surface area contributed by atoms with E-state index < -0.39 is 0 Å². The average molecular weight is 230 g/mol. The van der Waals surface area contributed by atoms with Gasteiger partial charge in [-0.3, -0.25) is 10.1 Å². The summed E-state index contributed by atoms with van der Waals surface area (Å²) in [6.07, 6.45) is 5.21. The largest absolute Gasteiger partial charge is 0.319 e. The van der Waals surface area contributed by atoms with Gasteiger partial charge >= 0.3 is 0 Å². The average Bonchev–Trinajstić information content (AvgIpc) is 2.29. The van der Waals surface area contributed by atoms with Crippen molar-refractivity contribution in [3.63, 3.8) is 0 Å². The maximum Gasteiger partial charge on any atom is 0.269 e. The van der Waals surface area contributed by atoms with Crippen LogP contribution in [0.1, 0.15) is 20.3 Å². The molecule has 2 rings (SSSR count). The van der Waals surface area contributed by atoms with E-state index in [4.69, 9.17) is 0 Å². The number of allylic oxidation sites excluding steroid dienone is 4. The summed E-state index contributed by atoms with van der Waals surface area (Å²) in [6, 6.07) is 6.62. The van der Waals surface area contributed by atoms with E-state index >= 15 is 0 Å². The molecule has 88 valence electrons. The van der Waals surface area contributed by atoms with Gasteiger partial charge in [0.1, 0.15) is 0 Å². The van der Waals surface area contributed by atoms with Crippen molar-refractivity contribution in [2.75, 3.05) is 4.90 Å². The first kappa shape index (κ1) is 11.4. The van der Waals surface area contributed by atoms with Crippen LogP contribution in [0.25, 0.3) is 0 Å². The van der Waals surface area contributed by atoms with Crippen molar-refractivity contribution >= 4 is 11.4 Å². The maximum atomic E-state index is 10.6. The molecule has 1 aliphatic rings. The van der Waals surface area contributed by atoms with Gasteiger partial charge in [-0.15, -0.1) is 0 Å². The van der Waals surface area contributed by atoms with E-state index in [0.29, 0.717) is 0 Å². The predicted molar refractivity (Wildman–Crippen MR) is 67.7 cm³/mol. The molecule has 0 aliphatic carbocycles. The molecular formula is C13H14N2O2. The summed E-state index contributed by atoms with van der Waals surface area (Å²) >= 11 is 0. The van der Waals surface area contributed by atoms with Gasteiger partial charge in [0, 0.05) is 29.2 Å². The zero-order chi connectivity index (χ0) is 12.4. The fourth-order valence-corrected chi connectivity index (χ4v) is 1.99. The lowest BCUT2D eigenvalue weighted by Crippen LogP contribution is -2.20. The topological polar surface area (TPSA) is 46.4 Å². The quantitative estimate of drug-likeness (QED) is 0.576. The van der Waals surface area contributed by atoms with Gasteiger partial charge in [-0.2, -0.15) is 0 Å². The Morgan fingerprint density at radius 2 is 1.65 bits per heavy atom. The van der Waals surface area contributed by atoms with Crippen LogP contribution in [0.4, 0.5) is 11.4 Å². The second-order valence-corrected chi connectivity index (χ2v) is 4.04. The third-order valence-electron chi connectivity index (χ3n) is 2.85. The van der Waals surface area contributed by atoms with Crippen LogP contribution in [0.5, 0.6) is 0 Å². The third-order valence-corrected chi connectivity index (χ3v) is 2.85. The Kier molecular flexibility index (Phi) is 2.95. The summed E-state index contributed by atoms with van der Waals surface area (Å²) in [4.78, 5) is 12.3. The highest BCUT2D eigenvalue weighted by atomic mass is 16.6. The van der Waals surface area contributed by atoms with Gasteiger partial charge in [-0.05, 0) is 32.4 Å². The highest BCUT2D eigenvalue weighted by Gasteiger charge is 2.14. The lowest BCUT2D eigenvalue weighted by atomic mass is 10.1. The van der Waals surface area contributed by atoms with Gasteiger partial charge in [-0.25, -0.2) is 0 Å². The first-order valence-electron chi connectivity index (χ1n) is 5.47. The van der Waals surface area contributed by atoms with Crippen molar-refractivity contribution in [2.24, 2.45) is 0 Å². The lowest BCUT2D eigenvalue weighted by molar-refractivity contribution is -0.384. The van der Waals surface area contributed by atoms with E-state index in [2.05, 4.69) is 17.1 Å². The van der Waals surface area contributed by atoms with Crippen LogP contribution in [0.3, 0.4) is 0 Å². The minimum absolute atomic E-state index is 0.119. The molecule has 0 fully saturated rings. The van der Waals surface area contributed by atoms with Crippen molar-refractivity contribution in [3.05, 3.63) is 57.9 Å². The van der Waals surface area contributed by atoms with E-state index in [-0.39, 0.29) is 10.6 Å². The Morgan fingerprint density at radius 1 is 1.12 bits per heavy atom. The number of nitrogens with zero attached hydrogens (tertiary/aromatic N) is 2. The van der Waals surface area contributed by atoms with Gasteiger partial charge in [-0.1, -0.05) is 12.2 Å². The zero-order valence-corrected chi connectivity index (χ0v) is 9.88. The lowest BCUT2D eigenvalue weighted by Gasteiger charge is -2.28. The van der Waals surface area contributed by atoms with Gasteiger partial charge in [0.15, 0.2) is 0 Å². The van der Waals surface area contributed by atoms with E-state index in [1.165, 1.54) is 12.1 Å². The summed E-state index contributed by atoms with van der Waals surface area (Å²) < 4.78 is 0. The minimum Gasteiger partial charge on any atom is -0.319 e. The van der Waals surface area contributed by atoms with Crippen LogP contribution < -0.4 is 4.90 Å². The Labute approximate surface area is 100 Å². The summed E-state index contributed by atoms with van der Waals surface area (Å²) in [7, 11) is 0. The number of non-ortho nitro benzene ring substituents is 1. The fourth-order valence-electron chi connectivity index (χ4n) is 1.99. The Balaban J connectivity index is 2.34. The fraction of sp³-hybridized carbons (Fsp3) is 0.231. The zero-order valence-electron chi connectivity index (χ0n) is 9.88.